The second kappa shape index (κ2) is 10.8. The molecule has 3 rings (SSSR count). The molecule has 10 heteroatoms. The molecule has 0 atom stereocenters. The molecule has 0 bridgehead atoms. The topological polar surface area (TPSA) is 124 Å². The molecular formula is C25H39N5O5. The van der Waals surface area contributed by atoms with Crippen molar-refractivity contribution in [2.75, 3.05) is 19.6 Å². The molecule has 2 aliphatic rings. The minimum absolute atomic E-state index is 0.0631. The zero-order valence-corrected chi connectivity index (χ0v) is 21.5. The van der Waals surface area contributed by atoms with Gasteiger partial charge in [-0.3, -0.25) is 35.0 Å². The van der Waals surface area contributed by atoms with Gasteiger partial charge in [0.05, 0.1) is 6.54 Å². The number of urea groups is 1. The fraction of sp³-hybridized carbons (Fsp3) is 0.680. The summed E-state index contributed by atoms with van der Waals surface area (Å²) in [5.41, 5.74) is 3.80. The van der Waals surface area contributed by atoms with E-state index in [2.05, 4.69) is 41.8 Å². The van der Waals surface area contributed by atoms with E-state index in [9.17, 15) is 19.2 Å². The minimum atomic E-state index is -0.934. The monoisotopic (exact) mass is 489 g/mol. The van der Waals surface area contributed by atoms with Crippen LogP contribution in [0.5, 0.6) is 0 Å². The van der Waals surface area contributed by atoms with Gasteiger partial charge in [-0.1, -0.05) is 41.0 Å². The Morgan fingerprint density at radius 2 is 1.80 bits per heavy atom. The quantitative estimate of drug-likeness (QED) is 0.362. The van der Waals surface area contributed by atoms with E-state index >= 15 is 0 Å². The predicted molar refractivity (Wildman–Crippen MR) is 130 cm³/mol. The Kier molecular flexibility index (Phi) is 8.25. The Morgan fingerprint density at radius 1 is 1.14 bits per heavy atom. The van der Waals surface area contributed by atoms with E-state index < -0.39 is 29.9 Å². The molecular weight excluding hydrogens is 450 g/mol. The van der Waals surface area contributed by atoms with Gasteiger partial charge >= 0.3 is 11.9 Å². The van der Waals surface area contributed by atoms with Gasteiger partial charge < -0.3 is 9.73 Å². The SMILES string of the molecule is CCN(CC)Cc1ccc(C(=O)NNC(=O)CN2C(=O)NC3(CCC(C(C)(C)CC)CC3)C2=O)o1. The van der Waals surface area contributed by atoms with Gasteiger partial charge in [0, 0.05) is 0 Å². The molecule has 3 N–H and O–H groups in total. The zero-order chi connectivity index (χ0) is 25.8. The number of hydrogen-bond acceptors (Lipinski definition) is 6. The van der Waals surface area contributed by atoms with E-state index in [1.807, 2.05) is 13.8 Å². The van der Waals surface area contributed by atoms with Crippen LogP contribution in [0.4, 0.5) is 4.79 Å². The Balaban J connectivity index is 1.51. The van der Waals surface area contributed by atoms with Crippen LogP contribution >= 0.6 is 0 Å². The lowest BCUT2D eigenvalue weighted by atomic mass is 9.65. The first-order valence-electron chi connectivity index (χ1n) is 12.6. The number of nitrogens with one attached hydrogen (secondary N) is 3. The van der Waals surface area contributed by atoms with Crippen molar-refractivity contribution in [1.82, 2.24) is 26.0 Å². The molecule has 1 saturated carbocycles. The third-order valence-corrected chi connectivity index (χ3v) is 7.88. The fourth-order valence-corrected chi connectivity index (χ4v) is 4.96. The molecule has 194 valence electrons. The average molecular weight is 490 g/mol. The number of amides is 5. The van der Waals surface area contributed by atoms with Crippen LogP contribution < -0.4 is 16.2 Å². The fourth-order valence-electron chi connectivity index (χ4n) is 4.96. The summed E-state index contributed by atoms with van der Waals surface area (Å²) in [5.74, 6) is -0.461. The first-order chi connectivity index (χ1) is 16.5. The van der Waals surface area contributed by atoms with Crippen molar-refractivity contribution >= 4 is 23.8 Å². The first-order valence-corrected chi connectivity index (χ1v) is 12.6. The highest BCUT2D eigenvalue weighted by Crippen LogP contribution is 2.45. The van der Waals surface area contributed by atoms with E-state index in [-0.39, 0.29) is 17.1 Å². The van der Waals surface area contributed by atoms with Crippen molar-refractivity contribution in [3.05, 3.63) is 23.7 Å². The molecule has 1 spiro atoms. The molecule has 1 aliphatic carbocycles. The normalized spacial score (nSPS) is 22.6. The number of hydrazine groups is 1. The van der Waals surface area contributed by atoms with Crippen LogP contribution in [0.3, 0.4) is 0 Å². The van der Waals surface area contributed by atoms with Crippen molar-refractivity contribution in [2.45, 2.75) is 78.8 Å². The van der Waals surface area contributed by atoms with Gasteiger partial charge in [-0.15, -0.1) is 0 Å². The lowest BCUT2D eigenvalue weighted by molar-refractivity contribution is -0.136. The Morgan fingerprint density at radius 3 is 2.40 bits per heavy atom. The molecule has 1 aromatic heterocycles. The summed E-state index contributed by atoms with van der Waals surface area (Å²) in [6, 6.07) is 2.69. The Labute approximate surface area is 207 Å². The number of imide groups is 1. The van der Waals surface area contributed by atoms with Gasteiger partial charge in [0.15, 0.2) is 5.76 Å². The molecule has 10 nitrogen and oxygen atoms in total. The van der Waals surface area contributed by atoms with Gasteiger partial charge in [-0.05, 0) is 62.2 Å². The lowest BCUT2D eigenvalue weighted by Crippen LogP contribution is -2.51. The maximum atomic E-state index is 13.1. The van der Waals surface area contributed by atoms with E-state index in [1.54, 1.807) is 6.07 Å². The lowest BCUT2D eigenvalue weighted by Gasteiger charge is -2.42. The molecule has 1 aromatic rings. The van der Waals surface area contributed by atoms with E-state index in [0.717, 1.165) is 37.3 Å². The van der Waals surface area contributed by atoms with Crippen molar-refractivity contribution in [3.63, 3.8) is 0 Å². The van der Waals surface area contributed by atoms with Crippen LogP contribution in [0.2, 0.25) is 0 Å². The van der Waals surface area contributed by atoms with Crippen molar-refractivity contribution < 1.29 is 23.6 Å². The van der Waals surface area contributed by atoms with E-state index in [1.165, 1.54) is 6.07 Å². The van der Waals surface area contributed by atoms with Gasteiger partial charge in [-0.2, -0.15) is 0 Å². The largest absolute Gasteiger partial charge is 0.454 e. The summed E-state index contributed by atoms with van der Waals surface area (Å²) in [6.45, 7) is 12.6. The average Bonchev–Trinajstić information content (AvgIpc) is 3.40. The molecule has 1 saturated heterocycles. The van der Waals surface area contributed by atoms with Crippen LogP contribution in [0.25, 0.3) is 0 Å². The van der Waals surface area contributed by atoms with Crippen LogP contribution in [0, 0.1) is 11.3 Å². The third kappa shape index (κ3) is 5.86. The summed E-state index contributed by atoms with van der Waals surface area (Å²) in [4.78, 5) is 53.5. The molecule has 0 unspecified atom stereocenters. The molecule has 35 heavy (non-hydrogen) atoms. The standard InChI is InChI=1S/C25H39N5O5/c1-6-24(4,5)17-11-13-25(14-12-17)22(33)30(23(34)26-25)16-20(31)27-28-21(32)19-10-9-18(35-19)15-29(7-2)8-3/h9-10,17H,6-8,11-16H2,1-5H3,(H,26,34)(H,27,31)(H,28,32). The highest BCUT2D eigenvalue weighted by Gasteiger charge is 2.53. The second-order valence-corrected chi connectivity index (χ2v) is 10.2. The number of carbonyl (C=O) groups excluding carboxylic acids is 4. The number of furan rings is 1. The maximum Gasteiger partial charge on any atom is 0.325 e. The molecule has 2 fully saturated rings. The van der Waals surface area contributed by atoms with Crippen molar-refractivity contribution in [3.8, 4) is 0 Å². The summed E-state index contributed by atoms with van der Waals surface area (Å²) >= 11 is 0. The third-order valence-electron chi connectivity index (χ3n) is 7.88. The summed E-state index contributed by atoms with van der Waals surface area (Å²) in [6.07, 6.45) is 3.88. The highest BCUT2D eigenvalue weighted by atomic mass is 16.4. The number of hydrogen-bond donors (Lipinski definition) is 3. The molecule has 1 aliphatic heterocycles. The number of carbonyl (C=O) groups is 4. The van der Waals surface area contributed by atoms with Crippen LogP contribution in [-0.2, 0) is 16.1 Å². The maximum absolute atomic E-state index is 13.1. The number of nitrogens with zero attached hydrogens (tertiary/aromatic N) is 2. The molecule has 5 amide bonds. The van der Waals surface area contributed by atoms with Crippen molar-refractivity contribution in [1.29, 1.82) is 0 Å². The summed E-state index contributed by atoms with van der Waals surface area (Å²) in [7, 11) is 0. The van der Waals surface area contributed by atoms with Gasteiger partial charge in [0.1, 0.15) is 17.8 Å². The minimum Gasteiger partial charge on any atom is -0.454 e. The van der Waals surface area contributed by atoms with E-state index in [4.69, 9.17) is 4.42 Å². The molecule has 0 aromatic carbocycles. The van der Waals surface area contributed by atoms with Crippen LogP contribution in [0.1, 0.15) is 83.0 Å². The summed E-state index contributed by atoms with van der Waals surface area (Å²) < 4.78 is 5.56. The molecule has 0 radical (unpaired) electrons. The predicted octanol–water partition coefficient (Wildman–Crippen LogP) is 2.80. The van der Waals surface area contributed by atoms with Gasteiger partial charge in [-0.25, -0.2) is 4.79 Å². The van der Waals surface area contributed by atoms with Gasteiger partial charge in [0.2, 0.25) is 0 Å². The summed E-state index contributed by atoms with van der Waals surface area (Å²) in [5, 5.41) is 2.83. The van der Waals surface area contributed by atoms with Crippen LogP contribution in [0.15, 0.2) is 16.5 Å². The second-order valence-electron chi connectivity index (χ2n) is 10.2. The van der Waals surface area contributed by atoms with Crippen LogP contribution in [-0.4, -0.2) is 58.7 Å². The number of rotatable bonds is 9. The Hall–Kier alpha value is -2.88. The van der Waals surface area contributed by atoms with E-state index in [0.29, 0.717) is 31.1 Å². The molecule has 2 heterocycles. The highest BCUT2D eigenvalue weighted by molar-refractivity contribution is 6.09. The van der Waals surface area contributed by atoms with Gasteiger partial charge in [0.25, 0.3) is 11.8 Å². The van der Waals surface area contributed by atoms with Crippen molar-refractivity contribution in [2.24, 2.45) is 11.3 Å². The zero-order valence-electron chi connectivity index (χ0n) is 21.5. The Bertz CT molecular complexity index is 944. The first kappa shape index (κ1) is 26.7. The smallest absolute Gasteiger partial charge is 0.325 e.